The summed E-state index contributed by atoms with van der Waals surface area (Å²) in [5.74, 6) is -0.342. The van der Waals surface area contributed by atoms with E-state index in [1.165, 1.54) is 47.0 Å². The van der Waals surface area contributed by atoms with Crippen molar-refractivity contribution < 1.29 is 13.2 Å². The lowest BCUT2D eigenvalue weighted by molar-refractivity contribution is 0.102. The van der Waals surface area contributed by atoms with Crippen molar-refractivity contribution in [1.29, 1.82) is 0 Å². The summed E-state index contributed by atoms with van der Waals surface area (Å²) in [6.45, 7) is 0. The standard InChI is InChI=1S/C22H19N3O3S3/c1-25(16-7-4-3-5-8-16)31(27,28)17-13-11-15(12-14-17)21(26)24-22-23-20-18(29-2)9-6-10-19(20)30-22/h3-14H,1-2H3,(H,23,24,26). The van der Waals surface area contributed by atoms with Gasteiger partial charge in [-0.15, -0.1) is 11.8 Å². The topological polar surface area (TPSA) is 79.4 Å². The van der Waals surface area contributed by atoms with Gasteiger partial charge in [0, 0.05) is 17.5 Å². The van der Waals surface area contributed by atoms with Crippen molar-refractivity contribution in [2.75, 3.05) is 22.9 Å². The number of hydrogen-bond donors (Lipinski definition) is 1. The van der Waals surface area contributed by atoms with E-state index in [-0.39, 0.29) is 10.8 Å². The van der Waals surface area contributed by atoms with Crippen molar-refractivity contribution in [3.05, 3.63) is 78.4 Å². The lowest BCUT2D eigenvalue weighted by atomic mass is 10.2. The Kier molecular flexibility index (Phi) is 5.99. The van der Waals surface area contributed by atoms with Crippen LogP contribution < -0.4 is 9.62 Å². The van der Waals surface area contributed by atoms with Crippen molar-refractivity contribution in [2.45, 2.75) is 9.79 Å². The fourth-order valence-corrected chi connectivity index (χ4v) is 5.74. The Morgan fingerprint density at radius 2 is 1.71 bits per heavy atom. The molecule has 0 saturated heterocycles. The van der Waals surface area contributed by atoms with E-state index < -0.39 is 10.0 Å². The smallest absolute Gasteiger partial charge is 0.264 e. The van der Waals surface area contributed by atoms with E-state index in [0.717, 1.165) is 15.1 Å². The zero-order chi connectivity index (χ0) is 22.0. The van der Waals surface area contributed by atoms with Gasteiger partial charge in [0.1, 0.15) is 0 Å². The van der Waals surface area contributed by atoms with Gasteiger partial charge in [-0.1, -0.05) is 35.6 Å². The first kappa shape index (κ1) is 21.4. The maximum absolute atomic E-state index is 12.9. The molecule has 0 atom stereocenters. The van der Waals surface area contributed by atoms with Crippen molar-refractivity contribution in [3.8, 4) is 0 Å². The van der Waals surface area contributed by atoms with Crippen LogP contribution in [0.25, 0.3) is 10.2 Å². The molecule has 0 aliphatic rings. The molecule has 0 aliphatic carbocycles. The molecule has 31 heavy (non-hydrogen) atoms. The molecular formula is C22H19N3O3S3. The zero-order valence-electron chi connectivity index (χ0n) is 16.8. The number of para-hydroxylation sites is 2. The summed E-state index contributed by atoms with van der Waals surface area (Å²) in [5, 5.41) is 3.31. The number of amides is 1. The Morgan fingerprint density at radius 3 is 2.39 bits per heavy atom. The zero-order valence-corrected chi connectivity index (χ0v) is 19.2. The van der Waals surface area contributed by atoms with Crippen molar-refractivity contribution in [3.63, 3.8) is 0 Å². The molecule has 6 nitrogen and oxygen atoms in total. The molecule has 0 unspecified atom stereocenters. The maximum Gasteiger partial charge on any atom is 0.264 e. The third-order valence-corrected chi connectivity index (χ3v) is 8.22. The number of rotatable bonds is 6. The van der Waals surface area contributed by atoms with E-state index in [4.69, 9.17) is 0 Å². The fourth-order valence-electron chi connectivity index (χ4n) is 3.02. The first-order chi connectivity index (χ1) is 14.9. The van der Waals surface area contributed by atoms with Crippen LogP contribution in [0.3, 0.4) is 0 Å². The van der Waals surface area contributed by atoms with Crippen LogP contribution in [0.2, 0.25) is 0 Å². The number of nitrogens with zero attached hydrogens (tertiary/aromatic N) is 2. The molecule has 0 fully saturated rings. The molecule has 158 valence electrons. The predicted octanol–water partition coefficient (Wildman–Crippen LogP) is 5.10. The average molecular weight is 470 g/mol. The number of thiazole rings is 1. The molecule has 4 rings (SSSR count). The average Bonchev–Trinajstić information content (AvgIpc) is 3.21. The number of carbonyl (C=O) groups is 1. The molecular weight excluding hydrogens is 450 g/mol. The van der Waals surface area contributed by atoms with Gasteiger partial charge in [0.25, 0.3) is 15.9 Å². The number of anilines is 2. The van der Waals surface area contributed by atoms with Gasteiger partial charge in [0.2, 0.25) is 0 Å². The van der Waals surface area contributed by atoms with Crippen LogP contribution >= 0.6 is 23.1 Å². The molecule has 0 radical (unpaired) electrons. The molecule has 1 aromatic heterocycles. The molecule has 1 amide bonds. The van der Waals surface area contributed by atoms with E-state index in [0.29, 0.717) is 16.4 Å². The van der Waals surface area contributed by atoms with Crippen LogP contribution in [0.1, 0.15) is 10.4 Å². The second-order valence-electron chi connectivity index (χ2n) is 6.61. The van der Waals surface area contributed by atoms with Gasteiger partial charge in [-0.05, 0) is 54.8 Å². The van der Waals surface area contributed by atoms with Crippen molar-refractivity contribution in [2.24, 2.45) is 0 Å². The maximum atomic E-state index is 12.9. The Bertz CT molecular complexity index is 1330. The van der Waals surface area contributed by atoms with E-state index >= 15 is 0 Å². The summed E-state index contributed by atoms with van der Waals surface area (Å²) in [5.41, 5.74) is 1.77. The Labute approximate surface area is 189 Å². The molecule has 9 heteroatoms. The summed E-state index contributed by atoms with van der Waals surface area (Å²) in [6, 6.07) is 20.6. The summed E-state index contributed by atoms with van der Waals surface area (Å²) < 4.78 is 28.0. The second-order valence-corrected chi connectivity index (χ2v) is 10.5. The van der Waals surface area contributed by atoms with Gasteiger partial charge in [0.15, 0.2) is 5.13 Å². The minimum Gasteiger partial charge on any atom is -0.298 e. The van der Waals surface area contributed by atoms with Crippen molar-refractivity contribution in [1.82, 2.24) is 4.98 Å². The van der Waals surface area contributed by atoms with E-state index in [9.17, 15) is 13.2 Å². The molecule has 3 aromatic carbocycles. The number of aromatic nitrogens is 1. The lowest BCUT2D eigenvalue weighted by Crippen LogP contribution is -2.26. The third kappa shape index (κ3) is 4.30. The first-order valence-electron chi connectivity index (χ1n) is 9.29. The summed E-state index contributed by atoms with van der Waals surface area (Å²) in [7, 11) is -2.23. The fraction of sp³-hybridized carbons (Fsp3) is 0.0909. The third-order valence-electron chi connectivity index (χ3n) is 4.72. The van der Waals surface area contributed by atoms with Gasteiger partial charge < -0.3 is 0 Å². The quantitative estimate of drug-likeness (QED) is 0.398. The van der Waals surface area contributed by atoms with Gasteiger partial charge in [-0.2, -0.15) is 0 Å². The van der Waals surface area contributed by atoms with Gasteiger partial charge in [0.05, 0.1) is 20.8 Å². The van der Waals surface area contributed by atoms with Crippen molar-refractivity contribution >= 4 is 60.1 Å². The summed E-state index contributed by atoms with van der Waals surface area (Å²) >= 11 is 3.00. The molecule has 0 bridgehead atoms. The minimum atomic E-state index is -3.73. The molecule has 0 spiro atoms. The highest BCUT2D eigenvalue weighted by molar-refractivity contribution is 7.98. The van der Waals surface area contributed by atoms with Crippen LogP contribution in [0.15, 0.2) is 82.6 Å². The van der Waals surface area contributed by atoms with E-state index in [2.05, 4.69) is 10.3 Å². The minimum absolute atomic E-state index is 0.111. The number of hydrogen-bond acceptors (Lipinski definition) is 6. The normalized spacial score (nSPS) is 11.4. The highest BCUT2D eigenvalue weighted by Gasteiger charge is 2.21. The van der Waals surface area contributed by atoms with Crippen LogP contribution in [0.5, 0.6) is 0 Å². The van der Waals surface area contributed by atoms with Crippen LogP contribution in [0, 0.1) is 0 Å². The van der Waals surface area contributed by atoms with Crippen LogP contribution in [-0.4, -0.2) is 32.6 Å². The predicted molar refractivity (Wildman–Crippen MR) is 128 cm³/mol. The van der Waals surface area contributed by atoms with Crippen LogP contribution in [-0.2, 0) is 10.0 Å². The first-order valence-corrected chi connectivity index (χ1v) is 12.8. The number of carbonyl (C=O) groups excluding carboxylic acids is 1. The monoisotopic (exact) mass is 469 g/mol. The van der Waals surface area contributed by atoms with E-state index in [1.54, 1.807) is 36.0 Å². The Morgan fingerprint density at radius 1 is 1.00 bits per heavy atom. The molecule has 1 N–H and O–H groups in total. The second kappa shape index (κ2) is 8.70. The SMILES string of the molecule is CSc1cccc2sc(NC(=O)c3ccc(S(=O)(=O)N(C)c4ccccc4)cc3)nc12. The number of fused-ring (bicyclic) bond motifs is 1. The largest absolute Gasteiger partial charge is 0.298 e. The number of nitrogens with one attached hydrogen (secondary N) is 1. The molecule has 0 aliphatic heterocycles. The molecule has 1 heterocycles. The lowest BCUT2D eigenvalue weighted by Gasteiger charge is -2.19. The van der Waals surface area contributed by atoms with E-state index in [1.807, 2.05) is 30.5 Å². The summed E-state index contributed by atoms with van der Waals surface area (Å²) in [6.07, 6.45) is 1.98. The van der Waals surface area contributed by atoms with Gasteiger partial charge in [-0.25, -0.2) is 13.4 Å². The molecule has 0 saturated carbocycles. The van der Waals surface area contributed by atoms with Gasteiger partial charge in [-0.3, -0.25) is 14.4 Å². The summed E-state index contributed by atoms with van der Waals surface area (Å²) in [4.78, 5) is 18.3. The molecule has 4 aromatic rings. The number of thioether (sulfide) groups is 1. The Hall–Kier alpha value is -2.88. The Balaban J connectivity index is 1.53. The number of benzene rings is 3. The van der Waals surface area contributed by atoms with Crippen LogP contribution in [0.4, 0.5) is 10.8 Å². The highest BCUT2D eigenvalue weighted by atomic mass is 32.2. The highest BCUT2D eigenvalue weighted by Crippen LogP contribution is 2.32. The number of sulfonamides is 1. The van der Waals surface area contributed by atoms with Gasteiger partial charge >= 0.3 is 0 Å².